The van der Waals surface area contributed by atoms with Crippen LogP contribution in [0.1, 0.15) is 22.3 Å². The van der Waals surface area contributed by atoms with E-state index < -0.39 is 27.7 Å². The maximum absolute atomic E-state index is 13.8. The maximum atomic E-state index is 13.8. The average molecular weight is 536 g/mol. The Labute approximate surface area is 205 Å². The monoisotopic (exact) mass is 535 g/mol. The van der Waals surface area contributed by atoms with Gasteiger partial charge in [-0.25, -0.2) is 13.4 Å². The van der Waals surface area contributed by atoms with Crippen LogP contribution in [0, 0.1) is 0 Å². The number of halogens is 3. The van der Waals surface area contributed by atoms with Crippen LogP contribution in [0.4, 0.5) is 19.0 Å². The van der Waals surface area contributed by atoms with Gasteiger partial charge in [0.05, 0.1) is 40.3 Å². The molecule has 194 valence electrons. The lowest BCUT2D eigenvalue weighted by Crippen LogP contribution is -2.49. The number of anilines is 1. The number of rotatable bonds is 7. The molecule has 2 aromatic heterocycles. The van der Waals surface area contributed by atoms with Crippen LogP contribution in [-0.4, -0.2) is 100 Å². The number of aromatic nitrogens is 1. The highest BCUT2D eigenvalue weighted by atomic mass is 32.2. The molecule has 0 aliphatic carbocycles. The molecular formula is C21H28F3N5O4S2. The van der Waals surface area contributed by atoms with E-state index >= 15 is 0 Å². The summed E-state index contributed by atoms with van der Waals surface area (Å²) in [5.74, 6) is -0.406. The Kier molecular flexibility index (Phi) is 7.86. The summed E-state index contributed by atoms with van der Waals surface area (Å²) in [6, 6.07) is 0.985. The molecule has 2 fully saturated rings. The van der Waals surface area contributed by atoms with Crippen molar-refractivity contribution in [2.24, 2.45) is 0 Å². The Bertz CT molecular complexity index is 1160. The van der Waals surface area contributed by atoms with E-state index in [0.717, 1.165) is 30.5 Å². The summed E-state index contributed by atoms with van der Waals surface area (Å²) in [5.41, 5.74) is -0.769. The van der Waals surface area contributed by atoms with Gasteiger partial charge in [0, 0.05) is 51.7 Å². The number of sulfonamides is 1. The smallest absolute Gasteiger partial charge is 0.379 e. The van der Waals surface area contributed by atoms with Crippen LogP contribution in [0.3, 0.4) is 0 Å². The predicted molar refractivity (Wildman–Crippen MR) is 127 cm³/mol. The normalized spacial score (nSPS) is 18.8. The molecule has 9 nitrogen and oxygen atoms in total. The molecular weight excluding hydrogens is 507 g/mol. The van der Waals surface area contributed by atoms with Crippen molar-refractivity contribution >= 4 is 43.3 Å². The summed E-state index contributed by atoms with van der Waals surface area (Å²) in [4.78, 5) is 20.4. The van der Waals surface area contributed by atoms with Gasteiger partial charge in [0.25, 0.3) is 5.91 Å². The number of morpholine rings is 1. The number of nitrogens with zero attached hydrogens (tertiary/aromatic N) is 4. The zero-order valence-corrected chi connectivity index (χ0v) is 20.9. The van der Waals surface area contributed by atoms with Crippen molar-refractivity contribution < 1.29 is 31.1 Å². The molecule has 0 saturated carbocycles. The summed E-state index contributed by atoms with van der Waals surface area (Å²) >= 11 is 0.828. The Morgan fingerprint density at radius 2 is 1.86 bits per heavy atom. The molecule has 14 heteroatoms. The number of ether oxygens (including phenoxy) is 1. The molecule has 0 unspecified atom stereocenters. The van der Waals surface area contributed by atoms with Gasteiger partial charge in [0.1, 0.15) is 5.82 Å². The third-order valence-electron chi connectivity index (χ3n) is 6.22. The molecule has 4 heterocycles. The fraction of sp³-hybridized carbons (Fsp3) is 0.619. The number of fused-ring (bicyclic) bond motifs is 1. The summed E-state index contributed by atoms with van der Waals surface area (Å²) in [7, 11) is -2.07. The first-order valence-corrected chi connectivity index (χ1v) is 13.8. The van der Waals surface area contributed by atoms with Gasteiger partial charge in [0.15, 0.2) is 0 Å². The van der Waals surface area contributed by atoms with Crippen LogP contribution < -0.4 is 10.2 Å². The highest BCUT2D eigenvalue weighted by Gasteiger charge is 2.36. The van der Waals surface area contributed by atoms with Gasteiger partial charge in [-0.2, -0.15) is 17.5 Å². The minimum absolute atomic E-state index is 0.00246. The Hall–Kier alpha value is -2.00. The van der Waals surface area contributed by atoms with Crippen LogP contribution in [0.5, 0.6) is 0 Å². The van der Waals surface area contributed by atoms with E-state index in [2.05, 4.69) is 15.2 Å². The average Bonchev–Trinajstić information content (AvgIpc) is 3.27. The Morgan fingerprint density at radius 1 is 1.17 bits per heavy atom. The molecule has 4 rings (SSSR count). The van der Waals surface area contributed by atoms with Crippen molar-refractivity contribution in [1.29, 1.82) is 0 Å². The van der Waals surface area contributed by atoms with Gasteiger partial charge in [-0.1, -0.05) is 0 Å². The molecule has 1 N–H and O–H groups in total. The third-order valence-corrected chi connectivity index (χ3v) is 9.18. The number of thiophene rings is 1. The third kappa shape index (κ3) is 5.88. The van der Waals surface area contributed by atoms with Crippen LogP contribution >= 0.6 is 11.3 Å². The topological polar surface area (TPSA) is 95.1 Å². The van der Waals surface area contributed by atoms with Gasteiger partial charge < -0.3 is 15.0 Å². The molecule has 2 saturated heterocycles. The van der Waals surface area contributed by atoms with Crippen molar-refractivity contribution in [3.8, 4) is 0 Å². The molecule has 0 spiro atoms. The lowest BCUT2D eigenvalue weighted by atomic mass is 10.1. The van der Waals surface area contributed by atoms with Gasteiger partial charge in [0.2, 0.25) is 10.0 Å². The quantitative estimate of drug-likeness (QED) is 0.578. The highest BCUT2D eigenvalue weighted by molar-refractivity contribution is 7.89. The van der Waals surface area contributed by atoms with Crippen LogP contribution in [-0.2, 0) is 20.9 Å². The zero-order valence-electron chi connectivity index (χ0n) is 19.3. The lowest BCUT2D eigenvalue weighted by Gasteiger charge is -2.35. The molecule has 0 aromatic carbocycles. The van der Waals surface area contributed by atoms with Crippen molar-refractivity contribution in [3.63, 3.8) is 0 Å². The minimum atomic E-state index is -4.62. The summed E-state index contributed by atoms with van der Waals surface area (Å²) in [6.45, 7) is 4.31. The number of pyridine rings is 1. The SMILES string of the molecule is CNC(=O)c1csc2c(C(F)(F)F)cc(N3CCN(S(=O)(=O)CCCN4CCOCC4)CC3)nc12. The second-order valence-electron chi connectivity index (χ2n) is 8.44. The van der Waals surface area contributed by atoms with Crippen LogP contribution in [0.2, 0.25) is 0 Å². The van der Waals surface area contributed by atoms with Gasteiger partial charge in [-0.15, -0.1) is 11.3 Å². The molecule has 35 heavy (non-hydrogen) atoms. The van der Waals surface area contributed by atoms with Crippen molar-refractivity contribution in [1.82, 2.24) is 19.5 Å². The van der Waals surface area contributed by atoms with E-state index in [4.69, 9.17) is 4.74 Å². The number of carbonyl (C=O) groups is 1. The maximum Gasteiger partial charge on any atom is 0.417 e. The van der Waals surface area contributed by atoms with Crippen molar-refractivity contribution in [2.45, 2.75) is 12.6 Å². The predicted octanol–water partition coefficient (Wildman–Crippen LogP) is 1.85. The first-order valence-electron chi connectivity index (χ1n) is 11.3. The lowest BCUT2D eigenvalue weighted by molar-refractivity contribution is -0.136. The van der Waals surface area contributed by atoms with E-state index in [-0.39, 0.29) is 53.5 Å². The largest absolute Gasteiger partial charge is 0.417 e. The molecule has 2 aromatic rings. The van der Waals surface area contributed by atoms with Gasteiger partial charge in [-0.05, 0) is 19.0 Å². The van der Waals surface area contributed by atoms with Gasteiger partial charge in [-0.3, -0.25) is 9.69 Å². The summed E-state index contributed by atoms with van der Waals surface area (Å²) < 4.78 is 73.6. The summed E-state index contributed by atoms with van der Waals surface area (Å²) in [5, 5.41) is 3.80. The first kappa shape index (κ1) is 26.1. The molecule has 2 aliphatic heterocycles. The van der Waals surface area contributed by atoms with Crippen LogP contribution in [0.25, 0.3) is 10.2 Å². The van der Waals surface area contributed by atoms with Crippen molar-refractivity contribution in [2.75, 3.05) is 76.7 Å². The second-order valence-corrected chi connectivity index (χ2v) is 11.4. The zero-order chi connectivity index (χ0) is 25.2. The number of amides is 1. The number of hydrogen-bond donors (Lipinski definition) is 1. The standard InChI is InChI=1S/C21H28F3N5O4S2/c1-25-20(30)15-14-34-19-16(21(22,23)24)13-17(26-18(15)19)28-4-6-29(7-5-28)35(31,32)12-2-3-27-8-10-33-11-9-27/h13-14H,2-12H2,1H3,(H,25,30). The first-order chi connectivity index (χ1) is 16.6. The van der Waals surface area contributed by atoms with E-state index in [0.29, 0.717) is 26.2 Å². The molecule has 0 atom stereocenters. The molecule has 0 radical (unpaired) electrons. The van der Waals surface area contributed by atoms with Crippen molar-refractivity contribution in [3.05, 3.63) is 22.6 Å². The Morgan fingerprint density at radius 3 is 2.49 bits per heavy atom. The minimum Gasteiger partial charge on any atom is -0.379 e. The highest BCUT2D eigenvalue weighted by Crippen LogP contribution is 2.40. The number of hydrogen-bond acceptors (Lipinski definition) is 8. The van der Waals surface area contributed by atoms with E-state index in [1.807, 2.05) is 0 Å². The number of nitrogens with one attached hydrogen (secondary N) is 1. The van der Waals surface area contributed by atoms with E-state index in [1.54, 1.807) is 4.90 Å². The molecule has 2 aliphatic rings. The molecule has 0 bridgehead atoms. The van der Waals surface area contributed by atoms with Gasteiger partial charge >= 0.3 is 6.18 Å². The number of piperazine rings is 1. The van der Waals surface area contributed by atoms with E-state index in [9.17, 15) is 26.4 Å². The summed E-state index contributed by atoms with van der Waals surface area (Å²) in [6.07, 6.45) is -4.11. The number of alkyl halides is 3. The Balaban J connectivity index is 1.46. The van der Waals surface area contributed by atoms with E-state index in [1.165, 1.54) is 16.7 Å². The second kappa shape index (κ2) is 10.5. The number of carbonyl (C=O) groups excluding carboxylic acids is 1. The fourth-order valence-electron chi connectivity index (χ4n) is 4.28. The fourth-order valence-corrected chi connectivity index (χ4v) is 6.78. The van der Waals surface area contributed by atoms with Crippen LogP contribution in [0.15, 0.2) is 11.4 Å². The molecule has 1 amide bonds.